The minimum absolute atomic E-state index is 0.190. The fourth-order valence-corrected chi connectivity index (χ4v) is 2.14. The van der Waals surface area contributed by atoms with Crippen LogP contribution < -0.4 is 5.73 Å². The molecule has 0 aliphatic heterocycles. The van der Waals surface area contributed by atoms with Crippen molar-refractivity contribution in [2.45, 2.75) is 6.04 Å². The Morgan fingerprint density at radius 1 is 1.26 bits per heavy atom. The summed E-state index contributed by atoms with van der Waals surface area (Å²) in [5, 5.41) is 0. The van der Waals surface area contributed by atoms with Crippen LogP contribution in [-0.2, 0) is 0 Å². The maximum absolute atomic E-state index is 13.3. The van der Waals surface area contributed by atoms with E-state index < -0.39 is 17.7 Å². The van der Waals surface area contributed by atoms with Crippen molar-refractivity contribution in [3.05, 3.63) is 60.7 Å². The average molecular weight is 282 g/mol. The zero-order chi connectivity index (χ0) is 14.4. The number of thiocarbonyl (C=S) groups is 1. The van der Waals surface area contributed by atoms with E-state index in [2.05, 4.69) is 13.2 Å². The lowest BCUT2D eigenvalue weighted by atomic mass is 10.0. The SMILES string of the molecule is C=CCN(CC=C)C(C(N)=S)c1ccc(F)c(F)c1. The Kier molecular flexibility index (Phi) is 5.79. The first-order valence-electron chi connectivity index (χ1n) is 5.71. The van der Waals surface area contributed by atoms with Crippen molar-refractivity contribution in [1.82, 2.24) is 4.90 Å². The third-order valence-electron chi connectivity index (χ3n) is 2.62. The summed E-state index contributed by atoms with van der Waals surface area (Å²) in [5.74, 6) is -1.82. The van der Waals surface area contributed by atoms with Crippen molar-refractivity contribution < 1.29 is 8.78 Å². The third kappa shape index (κ3) is 3.94. The van der Waals surface area contributed by atoms with Crippen LogP contribution in [-0.4, -0.2) is 23.0 Å². The fourth-order valence-electron chi connectivity index (χ4n) is 1.85. The number of nitrogens with two attached hydrogens (primary N) is 1. The van der Waals surface area contributed by atoms with Crippen molar-refractivity contribution in [1.29, 1.82) is 0 Å². The molecule has 0 saturated carbocycles. The molecule has 5 heteroatoms. The van der Waals surface area contributed by atoms with Gasteiger partial charge in [0.2, 0.25) is 0 Å². The molecule has 19 heavy (non-hydrogen) atoms. The smallest absolute Gasteiger partial charge is 0.159 e. The molecule has 0 spiro atoms. The second kappa shape index (κ2) is 7.11. The van der Waals surface area contributed by atoms with Gasteiger partial charge in [-0.05, 0) is 17.7 Å². The number of hydrogen-bond acceptors (Lipinski definition) is 2. The summed E-state index contributed by atoms with van der Waals surface area (Å²) in [7, 11) is 0. The zero-order valence-corrected chi connectivity index (χ0v) is 11.3. The van der Waals surface area contributed by atoms with Gasteiger partial charge >= 0.3 is 0 Å². The van der Waals surface area contributed by atoms with E-state index in [0.717, 1.165) is 12.1 Å². The highest BCUT2D eigenvalue weighted by Crippen LogP contribution is 2.23. The maximum atomic E-state index is 13.3. The molecule has 2 N–H and O–H groups in total. The standard InChI is InChI=1S/C14H16F2N2S/c1-3-7-18(8-4-2)13(14(17)19)10-5-6-11(15)12(16)9-10/h3-6,9,13H,1-2,7-8H2,(H2,17,19). The number of rotatable bonds is 7. The molecule has 0 bridgehead atoms. The molecule has 0 saturated heterocycles. The minimum atomic E-state index is -0.920. The van der Waals surface area contributed by atoms with Crippen LogP contribution in [0, 0.1) is 11.6 Å². The Hall–Kier alpha value is -1.59. The van der Waals surface area contributed by atoms with Gasteiger partial charge in [0, 0.05) is 13.1 Å². The van der Waals surface area contributed by atoms with Gasteiger partial charge in [-0.1, -0.05) is 30.4 Å². The van der Waals surface area contributed by atoms with Crippen molar-refractivity contribution in [2.24, 2.45) is 5.73 Å². The molecule has 1 rings (SSSR count). The lowest BCUT2D eigenvalue weighted by Crippen LogP contribution is -2.37. The molecule has 0 aromatic heterocycles. The Morgan fingerprint density at radius 2 is 1.84 bits per heavy atom. The average Bonchev–Trinajstić information content (AvgIpc) is 2.34. The summed E-state index contributed by atoms with van der Waals surface area (Å²) in [6, 6.07) is 3.16. The molecule has 1 aromatic carbocycles. The van der Waals surface area contributed by atoms with Gasteiger partial charge in [0.1, 0.15) is 0 Å². The summed E-state index contributed by atoms with van der Waals surface area (Å²) in [6.45, 7) is 8.33. The highest BCUT2D eigenvalue weighted by molar-refractivity contribution is 7.80. The Morgan fingerprint density at radius 3 is 2.26 bits per heavy atom. The molecule has 0 fully saturated rings. The fraction of sp³-hybridized carbons (Fsp3) is 0.214. The minimum Gasteiger partial charge on any atom is -0.392 e. The van der Waals surface area contributed by atoms with Crippen LogP contribution in [0.2, 0.25) is 0 Å². The predicted octanol–water partition coefficient (Wildman–Crippen LogP) is 2.97. The largest absolute Gasteiger partial charge is 0.392 e. The molecule has 0 aliphatic carbocycles. The summed E-state index contributed by atoms with van der Waals surface area (Å²) in [6.07, 6.45) is 3.38. The summed E-state index contributed by atoms with van der Waals surface area (Å²) in [5.41, 5.74) is 6.23. The number of halogens is 2. The van der Waals surface area contributed by atoms with E-state index in [1.807, 2.05) is 4.90 Å². The Bertz CT molecular complexity index is 478. The van der Waals surface area contributed by atoms with Gasteiger partial charge < -0.3 is 5.73 Å². The second-order valence-corrected chi connectivity index (χ2v) is 4.48. The second-order valence-electron chi connectivity index (χ2n) is 4.01. The van der Waals surface area contributed by atoms with Gasteiger partial charge in [0.05, 0.1) is 11.0 Å². The van der Waals surface area contributed by atoms with E-state index >= 15 is 0 Å². The molecule has 102 valence electrons. The number of nitrogens with zero attached hydrogens (tertiary/aromatic N) is 1. The van der Waals surface area contributed by atoms with Crippen molar-refractivity contribution in [3.63, 3.8) is 0 Å². The zero-order valence-electron chi connectivity index (χ0n) is 10.5. The van der Waals surface area contributed by atoms with Gasteiger partial charge in [-0.3, -0.25) is 4.90 Å². The molecule has 2 nitrogen and oxygen atoms in total. The van der Waals surface area contributed by atoms with Crippen LogP contribution in [0.4, 0.5) is 8.78 Å². The van der Waals surface area contributed by atoms with Gasteiger partial charge in [0.25, 0.3) is 0 Å². The van der Waals surface area contributed by atoms with E-state index in [1.165, 1.54) is 6.07 Å². The van der Waals surface area contributed by atoms with E-state index in [9.17, 15) is 8.78 Å². The van der Waals surface area contributed by atoms with Gasteiger partial charge in [0.15, 0.2) is 11.6 Å². The van der Waals surface area contributed by atoms with E-state index in [0.29, 0.717) is 18.7 Å². The first-order chi connectivity index (χ1) is 9.01. The van der Waals surface area contributed by atoms with Crippen molar-refractivity contribution in [3.8, 4) is 0 Å². The predicted molar refractivity (Wildman–Crippen MR) is 77.9 cm³/mol. The molecule has 0 amide bonds. The first-order valence-corrected chi connectivity index (χ1v) is 6.12. The van der Waals surface area contributed by atoms with Crippen LogP contribution >= 0.6 is 12.2 Å². The van der Waals surface area contributed by atoms with Crippen LogP contribution in [0.1, 0.15) is 11.6 Å². The van der Waals surface area contributed by atoms with E-state index in [1.54, 1.807) is 12.2 Å². The highest BCUT2D eigenvalue weighted by Gasteiger charge is 2.22. The number of hydrogen-bond donors (Lipinski definition) is 1. The van der Waals surface area contributed by atoms with Crippen molar-refractivity contribution in [2.75, 3.05) is 13.1 Å². The van der Waals surface area contributed by atoms with Crippen LogP contribution in [0.3, 0.4) is 0 Å². The Labute approximate surface area is 117 Å². The highest BCUT2D eigenvalue weighted by atomic mass is 32.1. The third-order valence-corrected chi connectivity index (χ3v) is 2.84. The molecule has 0 aliphatic rings. The molecule has 1 aromatic rings. The lowest BCUT2D eigenvalue weighted by molar-refractivity contribution is 0.300. The van der Waals surface area contributed by atoms with Gasteiger partial charge in [-0.25, -0.2) is 8.78 Å². The monoisotopic (exact) mass is 282 g/mol. The topological polar surface area (TPSA) is 29.3 Å². The number of benzene rings is 1. The van der Waals surface area contributed by atoms with Crippen LogP contribution in [0.5, 0.6) is 0 Å². The van der Waals surface area contributed by atoms with Gasteiger partial charge in [-0.15, -0.1) is 13.2 Å². The van der Waals surface area contributed by atoms with Gasteiger partial charge in [-0.2, -0.15) is 0 Å². The summed E-state index contributed by atoms with van der Waals surface area (Å²) in [4.78, 5) is 2.06. The molecular formula is C14H16F2N2S. The molecule has 0 heterocycles. The molecule has 0 radical (unpaired) electrons. The molecular weight excluding hydrogens is 266 g/mol. The normalized spacial score (nSPS) is 12.2. The van der Waals surface area contributed by atoms with Crippen molar-refractivity contribution >= 4 is 17.2 Å². The lowest BCUT2D eigenvalue weighted by Gasteiger charge is -2.29. The van der Waals surface area contributed by atoms with Crippen LogP contribution in [0.15, 0.2) is 43.5 Å². The summed E-state index contributed by atoms with van der Waals surface area (Å²) < 4.78 is 26.3. The van der Waals surface area contributed by atoms with Crippen LogP contribution in [0.25, 0.3) is 0 Å². The quantitative estimate of drug-likeness (QED) is 0.616. The maximum Gasteiger partial charge on any atom is 0.159 e. The first kappa shape index (κ1) is 15.5. The molecule has 1 unspecified atom stereocenters. The Balaban J connectivity index is 3.16. The van der Waals surface area contributed by atoms with E-state index in [4.69, 9.17) is 18.0 Å². The summed E-state index contributed by atoms with van der Waals surface area (Å²) >= 11 is 5.03. The molecule has 1 atom stereocenters. The van der Waals surface area contributed by atoms with E-state index in [-0.39, 0.29) is 4.99 Å².